The summed E-state index contributed by atoms with van der Waals surface area (Å²) < 4.78 is 25.7. The molecule has 150 valence electrons. The highest BCUT2D eigenvalue weighted by Crippen LogP contribution is 2.23. The van der Waals surface area contributed by atoms with Gasteiger partial charge in [-0.05, 0) is 56.5 Å². The average Bonchev–Trinajstić information content (AvgIpc) is 3.18. The van der Waals surface area contributed by atoms with E-state index in [2.05, 4.69) is 0 Å². The molecule has 0 bridgehead atoms. The third kappa shape index (κ3) is 5.24. The van der Waals surface area contributed by atoms with Crippen molar-refractivity contribution in [1.82, 2.24) is 4.90 Å². The van der Waals surface area contributed by atoms with Gasteiger partial charge in [-0.15, -0.1) is 0 Å². The number of ether oxygens (including phenoxy) is 2. The first-order valence-electron chi connectivity index (χ1n) is 9.50. The van der Waals surface area contributed by atoms with Crippen LogP contribution in [0.15, 0.2) is 42.5 Å². The molecule has 28 heavy (non-hydrogen) atoms. The van der Waals surface area contributed by atoms with E-state index in [1.54, 1.807) is 48.2 Å². The van der Waals surface area contributed by atoms with Gasteiger partial charge in [0.2, 0.25) is 0 Å². The molecule has 0 aromatic heterocycles. The number of halogens is 2. The number of aryl methyl sites for hydroxylation is 1. The second-order valence-electron chi connectivity index (χ2n) is 7.12. The van der Waals surface area contributed by atoms with Crippen LogP contribution in [0.1, 0.15) is 30.9 Å². The minimum Gasteiger partial charge on any atom is -0.481 e. The van der Waals surface area contributed by atoms with Gasteiger partial charge in [0.05, 0.1) is 6.10 Å². The van der Waals surface area contributed by atoms with Gasteiger partial charge in [-0.3, -0.25) is 4.79 Å². The lowest BCUT2D eigenvalue weighted by atomic mass is 10.1. The zero-order valence-corrected chi connectivity index (χ0v) is 16.9. The van der Waals surface area contributed by atoms with Crippen molar-refractivity contribution in [2.75, 3.05) is 13.2 Å². The van der Waals surface area contributed by atoms with Gasteiger partial charge >= 0.3 is 0 Å². The van der Waals surface area contributed by atoms with Crippen LogP contribution in [-0.2, 0) is 16.1 Å². The second-order valence-corrected chi connectivity index (χ2v) is 7.52. The largest absolute Gasteiger partial charge is 0.481 e. The summed E-state index contributed by atoms with van der Waals surface area (Å²) in [4.78, 5) is 14.7. The van der Waals surface area contributed by atoms with Gasteiger partial charge in [0.15, 0.2) is 6.10 Å². The van der Waals surface area contributed by atoms with Crippen LogP contribution >= 0.6 is 11.6 Å². The van der Waals surface area contributed by atoms with Gasteiger partial charge in [0, 0.05) is 30.3 Å². The zero-order chi connectivity index (χ0) is 20.1. The van der Waals surface area contributed by atoms with Crippen molar-refractivity contribution >= 4 is 17.5 Å². The molecule has 1 aliphatic rings. The maximum absolute atomic E-state index is 14.1. The lowest BCUT2D eigenvalue weighted by Crippen LogP contribution is -2.43. The number of carbonyl (C=O) groups excluding carboxylic acids is 1. The Morgan fingerprint density at radius 1 is 1.36 bits per heavy atom. The fraction of sp³-hybridized carbons (Fsp3) is 0.409. The number of hydrogen-bond donors (Lipinski definition) is 0. The molecular formula is C22H25ClFNO3. The lowest BCUT2D eigenvalue weighted by Gasteiger charge is -2.28. The molecule has 6 heteroatoms. The summed E-state index contributed by atoms with van der Waals surface area (Å²) in [5.41, 5.74) is 1.35. The highest BCUT2D eigenvalue weighted by Gasteiger charge is 2.27. The molecule has 1 amide bonds. The average molecular weight is 406 g/mol. The van der Waals surface area contributed by atoms with Gasteiger partial charge in [0.1, 0.15) is 11.6 Å². The Hall–Kier alpha value is -2.11. The number of nitrogens with zero attached hydrogens (tertiary/aromatic N) is 1. The molecule has 2 aromatic rings. The molecule has 0 N–H and O–H groups in total. The highest BCUT2D eigenvalue weighted by atomic mass is 35.5. The van der Waals surface area contributed by atoms with Gasteiger partial charge < -0.3 is 14.4 Å². The van der Waals surface area contributed by atoms with E-state index in [1.807, 2.05) is 6.92 Å². The van der Waals surface area contributed by atoms with Crippen molar-refractivity contribution in [1.29, 1.82) is 0 Å². The van der Waals surface area contributed by atoms with Crippen LogP contribution in [-0.4, -0.2) is 36.2 Å². The van der Waals surface area contributed by atoms with Crippen molar-refractivity contribution < 1.29 is 18.7 Å². The van der Waals surface area contributed by atoms with E-state index < -0.39 is 6.10 Å². The molecule has 1 saturated heterocycles. The Labute approximate surface area is 170 Å². The predicted octanol–water partition coefficient (Wildman–Crippen LogP) is 4.76. The van der Waals surface area contributed by atoms with Gasteiger partial charge in [-0.1, -0.05) is 29.8 Å². The van der Waals surface area contributed by atoms with E-state index >= 15 is 0 Å². The molecule has 1 fully saturated rings. The maximum atomic E-state index is 14.1. The number of amides is 1. The first-order chi connectivity index (χ1) is 13.4. The summed E-state index contributed by atoms with van der Waals surface area (Å²) in [5, 5.41) is 0.644. The Morgan fingerprint density at radius 2 is 2.14 bits per heavy atom. The van der Waals surface area contributed by atoms with Crippen molar-refractivity contribution in [2.45, 2.75) is 45.4 Å². The molecule has 4 nitrogen and oxygen atoms in total. The summed E-state index contributed by atoms with van der Waals surface area (Å²) in [6, 6.07) is 11.8. The molecule has 2 unspecified atom stereocenters. The summed E-state index contributed by atoms with van der Waals surface area (Å²) in [6.45, 7) is 4.88. The zero-order valence-electron chi connectivity index (χ0n) is 16.2. The standard InChI is InChI=1S/C22H25ClFNO3/c1-15-12-18(9-10-20(15)23)28-16(2)22(26)25(14-19-7-5-11-27-19)13-17-6-3-4-8-21(17)24/h3-4,6,8-10,12,16,19H,5,7,11,13-14H2,1-2H3. The quantitative estimate of drug-likeness (QED) is 0.666. The van der Waals surface area contributed by atoms with Crippen LogP contribution in [0.25, 0.3) is 0 Å². The fourth-order valence-electron chi connectivity index (χ4n) is 3.30. The van der Waals surface area contributed by atoms with E-state index in [-0.39, 0.29) is 24.4 Å². The Kier molecular flexibility index (Phi) is 6.92. The summed E-state index contributed by atoms with van der Waals surface area (Å²) in [7, 11) is 0. The molecule has 3 rings (SSSR count). The summed E-state index contributed by atoms with van der Waals surface area (Å²) >= 11 is 6.05. The number of rotatable bonds is 7. The maximum Gasteiger partial charge on any atom is 0.263 e. The monoisotopic (exact) mass is 405 g/mol. The van der Waals surface area contributed by atoms with E-state index in [4.69, 9.17) is 21.1 Å². The molecule has 0 aliphatic carbocycles. The summed E-state index contributed by atoms with van der Waals surface area (Å²) in [6.07, 6.45) is 1.13. The second kappa shape index (κ2) is 9.39. The van der Waals surface area contributed by atoms with E-state index in [1.165, 1.54) is 6.07 Å². The Bertz CT molecular complexity index is 823. The van der Waals surface area contributed by atoms with E-state index in [0.717, 1.165) is 18.4 Å². The number of benzene rings is 2. The number of hydrogen-bond acceptors (Lipinski definition) is 3. The van der Waals surface area contributed by atoms with Crippen molar-refractivity contribution in [3.63, 3.8) is 0 Å². The molecule has 1 heterocycles. The van der Waals surface area contributed by atoms with Gasteiger partial charge in [0.25, 0.3) is 5.91 Å². The van der Waals surface area contributed by atoms with Gasteiger partial charge in [-0.2, -0.15) is 0 Å². The minimum absolute atomic E-state index is 0.0271. The third-order valence-electron chi connectivity index (χ3n) is 4.87. The molecular weight excluding hydrogens is 381 g/mol. The third-order valence-corrected chi connectivity index (χ3v) is 5.29. The van der Waals surface area contributed by atoms with Crippen LogP contribution in [0.3, 0.4) is 0 Å². The van der Waals surface area contributed by atoms with Crippen LogP contribution in [0.4, 0.5) is 4.39 Å². The van der Waals surface area contributed by atoms with E-state index in [9.17, 15) is 9.18 Å². The van der Waals surface area contributed by atoms with Crippen LogP contribution in [0.2, 0.25) is 5.02 Å². The molecule has 0 spiro atoms. The Balaban J connectivity index is 1.74. The van der Waals surface area contributed by atoms with Crippen molar-refractivity contribution in [3.8, 4) is 5.75 Å². The van der Waals surface area contributed by atoms with Crippen LogP contribution < -0.4 is 4.74 Å². The van der Waals surface area contributed by atoms with Gasteiger partial charge in [-0.25, -0.2) is 4.39 Å². The number of carbonyl (C=O) groups is 1. The molecule has 2 aromatic carbocycles. The lowest BCUT2D eigenvalue weighted by molar-refractivity contribution is -0.140. The highest BCUT2D eigenvalue weighted by molar-refractivity contribution is 6.31. The SMILES string of the molecule is Cc1cc(OC(C)C(=O)N(Cc2ccccc2F)CC2CCCO2)ccc1Cl. The predicted molar refractivity (Wildman–Crippen MR) is 107 cm³/mol. The van der Waals surface area contributed by atoms with Crippen molar-refractivity contribution in [3.05, 3.63) is 64.4 Å². The molecule has 1 aliphatic heterocycles. The normalized spacial score (nSPS) is 17.4. The molecule has 2 atom stereocenters. The van der Waals surface area contributed by atoms with Crippen molar-refractivity contribution in [2.24, 2.45) is 0 Å². The smallest absolute Gasteiger partial charge is 0.263 e. The molecule has 0 saturated carbocycles. The Morgan fingerprint density at radius 3 is 2.82 bits per heavy atom. The fourth-order valence-corrected chi connectivity index (χ4v) is 3.42. The van der Waals surface area contributed by atoms with Crippen LogP contribution in [0.5, 0.6) is 5.75 Å². The van der Waals surface area contributed by atoms with Crippen LogP contribution in [0, 0.1) is 12.7 Å². The topological polar surface area (TPSA) is 38.8 Å². The minimum atomic E-state index is -0.714. The first-order valence-corrected chi connectivity index (χ1v) is 9.88. The van der Waals surface area contributed by atoms with E-state index in [0.29, 0.717) is 29.5 Å². The summed E-state index contributed by atoms with van der Waals surface area (Å²) in [5.74, 6) is 0.0478. The molecule has 0 radical (unpaired) electrons. The first kappa shape index (κ1) is 20.6.